The maximum Gasteiger partial charge on any atom is 0.259 e. The van der Waals surface area contributed by atoms with Crippen LogP contribution in [0.15, 0.2) is 54.7 Å². The molecule has 0 unspecified atom stereocenters. The number of amides is 1. The van der Waals surface area contributed by atoms with Gasteiger partial charge in [0.25, 0.3) is 5.91 Å². The lowest BCUT2D eigenvalue weighted by atomic mass is 10.2. The molecule has 0 atom stereocenters. The Morgan fingerprint density at radius 1 is 1.19 bits per heavy atom. The number of aryl methyl sites for hydroxylation is 1. The van der Waals surface area contributed by atoms with E-state index in [9.17, 15) is 4.79 Å². The van der Waals surface area contributed by atoms with E-state index in [4.69, 9.17) is 16.3 Å². The third-order valence-corrected chi connectivity index (χ3v) is 4.58. The highest BCUT2D eigenvalue weighted by molar-refractivity contribution is 6.31. The third-order valence-electron chi connectivity index (χ3n) is 4.35. The normalized spacial score (nSPS) is 13.3. The average Bonchev–Trinajstić information content (AvgIpc) is 3.50. The number of rotatable bonds is 5. The van der Waals surface area contributed by atoms with Crippen LogP contribution in [-0.2, 0) is 0 Å². The number of hydrogen-bond donors (Lipinski definition) is 1. The van der Waals surface area contributed by atoms with Crippen LogP contribution in [0.4, 0.5) is 5.69 Å². The quantitative estimate of drug-likeness (QED) is 0.648. The van der Waals surface area contributed by atoms with Crippen molar-refractivity contribution in [3.63, 3.8) is 0 Å². The fourth-order valence-electron chi connectivity index (χ4n) is 2.74. The number of nitrogens with zero attached hydrogens (tertiary/aromatic N) is 2. The van der Waals surface area contributed by atoms with Gasteiger partial charge in [0, 0.05) is 17.1 Å². The van der Waals surface area contributed by atoms with Crippen LogP contribution in [-0.4, -0.2) is 15.9 Å². The van der Waals surface area contributed by atoms with Crippen molar-refractivity contribution in [2.75, 3.05) is 5.32 Å². The maximum absolute atomic E-state index is 12.8. The summed E-state index contributed by atoms with van der Waals surface area (Å²) >= 11 is 6.11. The number of aromatic nitrogens is 2. The molecule has 3 aromatic rings. The lowest BCUT2D eigenvalue weighted by Gasteiger charge is -2.13. The fourth-order valence-corrected chi connectivity index (χ4v) is 2.91. The van der Waals surface area contributed by atoms with Crippen LogP contribution in [0.2, 0.25) is 5.02 Å². The van der Waals surface area contributed by atoms with Crippen molar-refractivity contribution in [2.24, 2.45) is 0 Å². The van der Waals surface area contributed by atoms with Gasteiger partial charge in [-0.25, -0.2) is 9.97 Å². The van der Waals surface area contributed by atoms with E-state index in [1.165, 1.54) is 0 Å². The molecule has 136 valence electrons. The molecule has 5 nitrogen and oxygen atoms in total. The molecule has 1 heterocycles. The van der Waals surface area contributed by atoms with Crippen LogP contribution in [0, 0.1) is 6.92 Å². The predicted octanol–water partition coefficient (Wildman–Crippen LogP) is 5.36. The Bertz CT molecular complexity index is 988. The van der Waals surface area contributed by atoms with Crippen LogP contribution >= 0.6 is 11.6 Å². The minimum atomic E-state index is -0.296. The van der Waals surface area contributed by atoms with Crippen molar-refractivity contribution < 1.29 is 9.53 Å². The Kier molecular flexibility index (Phi) is 4.77. The summed E-state index contributed by atoms with van der Waals surface area (Å²) < 4.78 is 5.89. The Labute approximate surface area is 162 Å². The van der Waals surface area contributed by atoms with Crippen molar-refractivity contribution >= 4 is 23.2 Å². The molecular weight excluding hydrogens is 362 g/mol. The maximum atomic E-state index is 12.8. The minimum absolute atomic E-state index is 0.296. The second kappa shape index (κ2) is 7.37. The number of para-hydroxylation sites is 1. The standard InChI is InChI=1S/C21H18ClN3O2/c1-13-17(12-23-20(24-13)14-7-8-14)21(26)25-18-11-15(22)9-10-19(18)27-16-5-3-2-4-6-16/h2-6,9-12,14H,7-8H2,1H3,(H,25,26). The Morgan fingerprint density at radius 3 is 2.67 bits per heavy atom. The number of anilines is 1. The largest absolute Gasteiger partial charge is 0.455 e. The minimum Gasteiger partial charge on any atom is -0.455 e. The molecule has 27 heavy (non-hydrogen) atoms. The van der Waals surface area contributed by atoms with Gasteiger partial charge < -0.3 is 10.1 Å². The second-order valence-corrected chi connectivity index (χ2v) is 6.95. The summed E-state index contributed by atoms with van der Waals surface area (Å²) in [6, 6.07) is 14.5. The first kappa shape index (κ1) is 17.5. The molecule has 0 radical (unpaired) electrons. The summed E-state index contributed by atoms with van der Waals surface area (Å²) in [5, 5.41) is 3.37. The molecule has 1 aliphatic carbocycles. The molecular formula is C21H18ClN3O2. The van der Waals surface area contributed by atoms with E-state index in [0.29, 0.717) is 39.4 Å². The SMILES string of the molecule is Cc1nc(C2CC2)ncc1C(=O)Nc1cc(Cl)ccc1Oc1ccccc1. The number of carbonyl (C=O) groups is 1. The highest BCUT2D eigenvalue weighted by atomic mass is 35.5. The Hall–Kier alpha value is -2.92. The molecule has 1 fully saturated rings. The summed E-state index contributed by atoms with van der Waals surface area (Å²) in [6.07, 6.45) is 3.83. The number of carbonyl (C=O) groups excluding carboxylic acids is 1. The Morgan fingerprint density at radius 2 is 1.96 bits per heavy atom. The molecule has 0 saturated heterocycles. The molecule has 0 spiro atoms. The van der Waals surface area contributed by atoms with Crippen LogP contribution in [0.5, 0.6) is 11.5 Å². The molecule has 1 N–H and O–H groups in total. The zero-order valence-corrected chi connectivity index (χ0v) is 15.5. The fraction of sp³-hybridized carbons (Fsp3) is 0.190. The van der Waals surface area contributed by atoms with Gasteiger partial charge in [-0.05, 0) is 50.1 Å². The molecule has 1 aliphatic rings. The monoisotopic (exact) mass is 379 g/mol. The first-order chi connectivity index (χ1) is 13.1. The zero-order valence-electron chi connectivity index (χ0n) is 14.8. The Balaban J connectivity index is 1.58. The topological polar surface area (TPSA) is 64.1 Å². The van der Waals surface area contributed by atoms with Gasteiger partial charge in [-0.15, -0.1) is 0 Å². The van der Waals surface area contributed by atoms with E-state index in [1.807, 2.05) is 37.3 Å². The van der Waals surface area contributed by atoms with Crippen LogP contribution in [0.25, 0.3) is 0 Å². The molecule has 1 amide bonds. The van der Waals surface area contributed by atoms with E-state index in [0.717, 1.165) is 18.7 Å². The predicted molar refractivity (Wildman–Crippen MR) is 105 cm³/mol. The van der Waals surface area contributed by atoms with E-state index < -0.39 is 0 Å². The van der Waals surface area contributed by atoms with Gasteiger partial charge in [0.05, 0.1) is 16.9 Å². The summed E-state index contributed by atoms with van der Waals surface area (Å²) in [4.78, 5) is 21.6. The molecule has 2 aromatic carbocycles. The van der Waals surface area contributed by atoms with Crippen molar-refractivity contribution in [3.8, 4) is 11.5 Å². The first-order valence-electron chi connectivity index (χ1n) is 8.77. The summed E-state index contributed by atoms with van der Waals surface area (Å²) in [5.74, 6) is 2.14. The smallest absolute Gasteiger partial charge is 0.259 e. The van der Waals surface area contributed by atoms with Gasteiger partial charge in [0.1, 0.15) is 11.6 Å². The van der Waals surface area contributed by atoms with Crippen LogP contribution in [0.3, 0.4) is 0 Å². The van der Waals surface area contributed by atoms with Gasteiger partial charge >= 0.3 is 0 Å². The number of nitrogens with one attached hydrogen (secondary N) is 1. The summed E-state index contributed by atoms with van der Waals surface area (Å²) in [6.45, 7) is 1.82. The van der Waals surface area contributed by atoms with Gasteiger partial charge in [0.2, 0.25) is 0 Å². The van der Waals surface area contributed by atoms with E-state index in [2.05, 4.69) is 15.3 Å². The van der Waals surface area contributed by atoms with Gasteiger partial charge in [-0.1, -0.05) is 29.8 Å². The lowest BCUT2D eigenvalue weighted by molar-refractivity contribution is 0.102. The van der Waals surface area contributed by atoms with Crippen molar-refractivity contribution in [1.29, 1.82) is 0 Å². The van der Waals surface area contributed by atoms with Crippen molar-refractivity contribution in [2.45, 2.75) is 25.7 Å². The second-order valence-electron chi connectivity index (χ2n) is 6.51. The molecule has 6 heteroatoms. The lowest BCUT2D eigenvalue weighted by Crippen LogP contribution is -2.16. The number of hydrogen-bond acceptors (Lipinski definition) is 4. The molecule has 1 saturated carbocycles. The molecule has 0 bridgehead atoms. The summed E-state index contributed by atoms with van der Waals surface area (Å²) in [5.41, 5.74) is 1.59. The van der Waals surface area contributed by atoms with E-state index in [-0.39, 0.29) is 5.91 Å². The average molecular weight is 380 g/mol. The molecule has 4 rings (SSSR count). The highest BCUT2D eigenvalue weighted by Gasteiger charge is 2.27. The van der Waals surface area contributed by atoms with Gasteiger partial charge in [0.15, 0.2) is 5.75 Å². The van der Waals surface area contributed by atoms with Gasteiger partial charge in [-0.3, -0.25) is 4.79 Å². The van der Waals surface area contributed by atoms with Crippen LogP contribution < -0.4 is 10.1 Å². The zero-order chi connectivity index (χ0) is 18.8. The van der Waals surface area contributed by atoms with Crippen LogP contribution in [0.1, 0.15) is 40.6 Å². The van der Waals surface area contributed by atoms with Crippen molar-refractivity contribution in [1.82, 2.24) is 9.97 Å². The summed E-state index contributed by atoms with van der Waals surface area (Å²) in [7, 11) is 0. The molecule has 0 aliphatic heterocycles. The van der Waals surface area contributed by atoms with Crippen molar-refractivity contribution in [3.05, 3.63) is 76.8 Å². The number of benzene rings is 2. The highest BCUT2D eigenvalue weighted by Crippen LogP contribution is 2.38. The number of halogens is 1. The third kappa shape index (κ3) is 4.09. The first-order valence-corrected chi connectivity index (χ1v) is 9.15. The number of ether oxygens (including phenoxy) is 1. The van der Waals surface area contributed by atoms with E-state index >= 15 is 0 Å². The van der Waals surface area contributed by atoms with E-state index in [1.54, 1.807) is 24.4 Å². The molecule has 1 aromatic heterocycles. The van der Waals surface area contributed by atoms with Gasteiger partial charge in [-0.2, -0.15) is 0 Å².